The number of nitrogens with zero attached hydrogens (tertiary/aromatic N) is 7. The Morgan fingerprint density at radius 3 is 2.31 bits per heavy atom. The SMILES string of the molecule is O=C(Nc1ccc(-c2ccc3ncc(N4CCN(c5cnccn5)CC4)nc3c2)cc1)c1cc[nH]n1. The van der Waals surface area contributed by atoms with Crippen LogP contribution < -0.4 is 15.1 Å². The maximum absolute atomic E-state index is 12.2. The highest BCUT2D eigenvalue weighted by atomic mass is 16.1. The molecular weight excluding hydrogens is 454 g/mol. The molecule has 1 saturated heterocycles. The molecular formula is C26H23N9O. The average molecular weight is 478 g/mol. The van der Waals surface area contributed by atoms with Gasteiger partial charge in [0.15, 0.2) is 0 Å². The fourth-order valence-corrected chi connectivity index (χ4v) is 4.28. The van der Waals surface area contributed by atoms with Crippen molar-refractivity contribution in [2.45, 2.75) is 0 Å². The molecule has 36 heavy (non-hydrogen) atoms. The van der Waals surface area contributed by atoms with Gasteiger partial charge in [0.05, 0.1) is 23.4 Å². The maximum Gasteiger partial charge on any atom is 0.276 e. The van der Waals surface area contributed by atoms with Crippen LogP contribution in [0.2, 0.25) is 0 Å². The highest BCUT2D eigenvalue weighted by Crippen LogP contribution is 2.26. The number of nitrogens with one attached hydrogen (secondary N) is 2. The first kappa shape index (κ1) is 21.7. The van der Waals surface area contributed by atoms with Gasteiger partial charge in [0.2, 0.25) is 0 Å². The van der Waals surface area contributed by atoms with Gasteiger partial charge in [-0.05, 0) is 41.5 Å². The number of amides is 1. The van der Waals surface area contributed by atoms with E-state index < -0.39 is 0 Å². The maximum atomic E-state index is 12.2. The molecule has 10 heteroatoms. The molecule has 1 amide bonds. The Morgan fingerprint density at radius 2 is 1.58 bits per heavy atom. The van der Waals surface area contributed by atoms with Crippen molar-refractivity contribution in [3.05, 3.63) is 85.2 Å². The van der Waals surface area contributed by atoms with Crippen molar-refractivity contribution in [1.82, 2.24) is 30.1 Å². The summed E-state index contributed by atoms with van der Waals surface area (Å²) in [5, 5.41) is 9.40. The van der Waals surface area contributed by atoms with Gasteiger partial charge in [0.1, 0.15) is 17.3 Å². The number of anilines is 3. The van der Waals surface area contributed by atoms with Crippen LogP contribution in [0.4, 0.5) is 17.3 Å². The van der Waals surface area contributed by atoms with Crippen molar-refractivity contribution in [3.8, 4) is 11.1 Å². The Bertz CT molecular complexity index is 1480. The van der Waals surface area contributed by atoms with Crippen LogP contribution in [0.5, 0.6) is 0 Å². The van der Waals surface area contributed by atoms with Crippen molar-refractivity contribution in [3.63, 3.8) is 0 Å². The van der Waals surface area contributed by atoms with Gasteiger partial charge in [0, 0.05) is 50.5 Å². The van der Waals surface area contributed by atoms with E-state index >= 15 is 0 Å². The van der Waals surface area contributed by atoms with Gasteiger partial charge in [-0.2, -0.15) is 5.10 Å². The summed E-state index contributed by atoms with van der Waals surface area (Å²) in [6, 6.07) is 15.4. The smallest absolute Gasteiger partial charge is 0.276 e. The molecule has 3 aromatic heterocycles. The van der Waals surface area contributed by atoms with E-state index in [2.05, 4.69) is 46.3 Å². The number of fused-ring (bicyclic) bond motifs is 1. The van der Waals surface area contributed by atoms with Gasteiger partial charge < -0.3 is 15.1 Å². The second kappa shape index (κ2) is 9.41. The van der Waals surface area contributed by atoms with Gasteiger partial charge >= 0.3 is 0 Å². The Balaban J connectivity index is 1.17. The standard InChI is InChI=1S/C26H23N9O/c36-26(22-7-8-30-33-22)31-20-4-1-18(2-5-20)19-3-6-21-23(15-19)32-25(17-29-21)35-13-11-34(12-14-35)24-16-27-9-10-28-24/h1-10,15-17H,11-14H2,(H,30,33)(H,31,36). The van der Waals surface area contributed by atoms with Crippen LogP contribution in [0.1, 0.15) is 10.5 Å². The van der Waals surface area contributed by atoms with E-state index in [0.29, 0.717) is 11.4 Å². The quantitative estimate of drug-likeness (QED) is 0.396. The molecule has 2 aromatic carbocycles. The fraction of sp³-hybridized carbons (Fsp3) is 0.154. The minimum atomic E-state index is -0.255. The van der Waals surface area contributed by atoms with Crippen LogP contribution in [-0.2, 0) is 0 Å². The lowest BCUT2D eigenvalue weighted by molar-refractivity contribution is 0.102. The lowest BCUT2D eigenvalue weighted by atomic mass is 10.0. The molecule has 6 rings (SSSR count). The predicted molar refractivity (Wildman–Crippen MR) is 138 cm³/mol. The van der Waals surface area contributed by atoms with Crippen LogP contribution in [0, 0.1) is 0 Å². The Labute approximate surface area is 207 Å². The number of carbonyl (C=O) groups is 1. The van der Waals surface area contributed by atoms with Crippen molar-refractivity contribution in [2.24, 2.45) is 0 Å². The number of hydrogen-bond acceptors (Lipinski definition) is 8. The van der Waals surface area contributed by atoms with Gasteiger partial charge in [-0.15, -0.1) is 0 Å². The van der Waals surface area contributed by atoms with E-state index in [9.17, 15) is 4.79 Å². The van der Waals surface area contributed by atoms with Gasteiger partial charge in [0.25, 0.3) is 5.91 Å². The van der Waals surface area contributed by atoms with E-state index in [1.807, 2.05) is 42.6 Å². The van der Waals surface area contributed by atoms with Crippen LogP contribution in [-0.4, -0.2) is 62.2 Å². The zero-order valence-electron chi connectivity index (χ0n) is 19.4. The van der Waals surface area contributed by atoms with Gasteiger partial charge in [-0.1, -0.05) is 18.2 Å². The van der Waals surface area contributed by atoms with E-state index in [1.54, 1.807) is 30.9 Å². The molecule has 5 aromatic rings. The molecule has 0 atom stereocenters. The first-order valence-corrected chi connectivity index (χ1v) is 11.7. The second-order valence-corrected chi connectivity index (χ2v) is 8.46. The fourth-order valence-electron chi connectivity index (χ4n) is 4.28. The number of rotatable bonds is 5. The highest BCUT2D eigenvalue weighted by molar-refractivity contribution is 6.02. The van der Waals surface area contributed by atoms with E-state index in [-0.39, 0.29) is 5.91 Å². The lowest BCUT2D eigenvalue weighted by Gasteiger charge is -2.35. The third-order valence-electron chi connectivity index (χ3n) is 6.22. The van der Waals surface area contributed by atoms with Crippen LogP contribution >= 0.6 is 0 Å². The minimum absolute atomic E-state index is 0.255. The molecule has 0 spiro atoms. The summed E-state index contributed by atoms with van der Waals surface area (Å²) in [4.78, 5) is 34.8. The number of H-pyrrole nitrogens is 1. The molecule has 178 valence electrons. The zero-order valence-corrected chi connectivity index (χ0v) is 19.4. The molecule has 0 bridgehead atoms. The molecule has 0 unspecified atom stereocenters. The first-order valence-electron chi connectivity index (χ1n) is 11.7. The number of carbonyl (C=O) groups excluding carboxylic acids is 1. The summed E-state index contributed by atoms with van der Waals surface area (Å²) in [6.07, 6.45) is 8.67. The summed E-state index contributed by atoms with van der Waals surface area (Å²) in [5.74, 6) is 1.52. The molecule has 10 nitrogen and oxygen atoms in total. The topological polar surface area (TPSA) is 116 Å². The van der Waals surface area contributed by atoms with E-state index in [4.69, 9.17) is 4.98 Å². The van der Waals surface area contributed by atoms with E-state index in [1.165, 1.54) is 0 Å². The van der Waals surface area contributed by atoms with Crippen molar-refractivity contribution in [1.29, 1.82) is 0 Å². The molecule has 1 aliphatic rings. The largest absolute Gasteiger partial charge is 0.352 e. The van der Waals surface area contributed by atoms with Gasteiger partial charge in [-0.25, -0.2) is 9.97 Å². The Hall–Kier alpha value is -4.86. The molecule has 2 N–H and O–H groups in total. The number of piperazine rings is 1. The number of aromatic nitrogens is 6. The third-order valence-corrected chi connectivity index (χ3v) is 6.22. The third kappa shape index (κ3) is 4.43. The normalized spacial score (nSPS) is 13.7. The summed E-state index contributed by atoms with van der Waals surface area (Å²) in [7, 11) is 0. The van der Waals surface area contributed by atoms with Crippen molar-refractivity contribution < 1.29 is 4.79 Å². The first-order chi connectivity index (χ1) is 17.7. The minimum Gasteiger partial charge on any atom is -0.352 e. The van der Waals surface area contributed by atoms with Crippen LogP contribution in [0.15, 0.2) is 79.5 Å². The number of hydrogen-bond donors (Lipinski definition) is 2. The summed E-state index contributed by atoms with van der Waals surface area (Å²) >= 11 is 0. The summed E-state index contributed by atoms with van der Waals surface area (Å²) < 4.78 is 0. The van der Waals surface area contributed by atoms with Crippen molar-refractivity contribution >= 4 is 34.3 Å². The second-order valence-electron chi connectivity index (χ2n) is 8.46. The molecule has 0 aliphatic carbocycles. The molecule has 1 aliphatic heterocycles. The van der Waals surface area contributed by atoms with Gasteiger partial charge in [-0.3, -0.25) is 19.9 Å². The van der Waals surface area contributed by atoms with Crippen LogP contribution in [0.3, 0.4) is 0 Å². The predicted octanol–water partition coefficient (Wildman–Crippen LogP) is 3.39. The highest BCUT2D eigenvalue weighted by Gasteiger charge is 2.20. The monoisotopic (exact) mass is 477 g/mol. The summed E-state index contributed by atoms with van der Waals surface area (Å²) in [5.41, 5.74) is 4.81. The Kier molecular flexibility index (Phi) is 5.66. The molecule has 0 radical (unpaired) electrons. The number of aromatic amines is 1. The number of benzene rings is 2. The molecule has 0 saturated carbocycles. The average Bonchev–Trinajstić information content (AvgIpc) is 3.49. The van der Waals surface area contributed by atoms with E-state index in [0.717, 1.165) is 60.0 Å². The molecule has 4 heterocycles. The lowest BCUT2D eigenvalue weighted by Crippen LogP contribution is -2.47. The Morgan fingerprint density at radius 1 is 0.806 bits per heavy atom. The van der Waals surface area contributed by atoms with Crippen LogP contribution in [0.25, 0.3) is 22.2 Å². The summed E-state index contributed by atoms with van der Waals surface area (Å²) in [6.45, 7) is 3.37. The molecule has 1 fully saturated rings. The van der Waals surface area contributed by atoms with Crippen molar-refractivity contribution in [2.75, 3.05) is 41.3 Å². The zero-order chi connectivity index (χ0) is 24.3.